The van der Waals surface area contributed by atoms with Gasteiger partial charge in [0, 0.05) is 13.7 Å². The minimum atomic E-state index is -0.233. The van der Waals surface area contributed by atoms with Crippen LogP contribution in [0.4, 0.5) is 5.69 Å². The molecule has 35 heavy (non-hydrogen) atoms. The second-order valence-electron chi connectivity index (χ2n) is 7.84. The summed E-state index contributed by atoms with van der Waals surface area (Å²) in [5, 5.41) is 6.35. The van der Waals surface area contributed by atoms with Crippen molar-refractivity contribution in [2.24, 2.45) is 0 Å². The summed E-state index contributed by atoms with van der Waals surface area (Å²) in [6.45, 7) is 5.01. The highest BCUT2D eigenvalue weighted by Gasteiger charge is 2.27. The molecule has 1 saturated heterocycles. The van der Waals surface area contributed by atoms with E-state index in [1.165, 1.54) is 20.9 Å². The molecule has 0 saturated carbocycles. The monoisotopic (exact) mass is 664 g/mol. The van der Waals surface area contributed by atoms with Crippen LogP contribution in [0, 0.1) is 3.57 Å². The molecular formula is C27H26BrIN2O3S. The predicted octanol–water partition coefficient (Wildman–Crippen LogP) is 7.19. The van der Waals surface area contributed by atoms with E-state index in [0.29, 0.717) is 29.6 Å². The summed E-state index contributed by atoms with van der Waals surface area (Å²) < 4.78 is 13.9. The van der Waals surface area contributed by atoms with E-state index in [0.717, 1.165) is 27.7 Å². The topological polar surface area (TPSA) is 59.6 Å². The van der Waals surface area contributed by atoms with Crippen LogP contribution in [0.5, 0.6) is 11.5 Å². The Kier molecular flexibility index (Phi) is 9.02. The Bertz CT molecular complexity index is 1220. The van der Waals surface area contributed by atoms with Crippen molar-refractivity contribution >= 4 is 68.0 Å². The molecule has 0 bridgehead atoms. The number of halogens is 2. The zero-order chi connectivity index (χ0) is 24.8. The van der Waals surface area contributed by atoms with E-state index in [2.05, 4.69) is 92.5 Å². The molecule has 1 atom stereocenters. The lowest BCUT2D eigenvalue weighted by atomic mass is 10.1. The summed E-state index contributed by atoms with van der Waals surface area (Å²) in [5.41, 5.74) is 3.94. The molecule has 1 aliphatic heterocycles. The van der Waals surface area contributed by atoms with Gasteiger partial charge < -0.3 is 20.1 Å². The summed E-state index contributed by atoms with van der Waals surface area (Å²) in [6, 6.07) is 20.3. The van der Waals surface area contributed by atoms with Gasteiger partial charge in [0.2, 0.25) is 0 Å². The third-order valence-corrected chi connectivity index (χ3v) is 7.78. The Morgan fingerprint density at radius 1 is 1.03 bits per heavy atom. The summed E-state index contributed by atoms with van der Waals surface area (Å²) in [7, 11) is 0. The van der Waals surface area contributed by atoms with Gasteiger partial charge in [-0.3, -0.25) is 4.79 Å². The fourth-order valence-corrected chi connectivity index (χ4v) is 5.25. The number of anilines is 1. The van der Waals surface area contributed by atoms with Crippen LogP contribution in [0.1, 0.15) is 30.5 Å². The van der Waals surface area contributed by atoms with E-state index < -0.39 is 0 Å². The van der Waals surface area contributed by atoms with Crippen molar-refractivity contribution in [1.82, 2.24) is 5.32 Å². The number of rotatable bonds is 9. The van der Waals surface area contributed by atoms with Gasteiger partial charge in [-0.25, -0.2) is 0 Å². The van der Waals surface area contributed by atoms with Crippen molar-refractivity contribution in [2.75, 3.05) is 11.9 Å². The van der Waals surface area contributed by atoms with Gasteiger partial charge in [0.25, 0.3) is 5.91 Å². The average molecular weight is 665 g/mol. The van der Waals surface area contributed by atoms with Crippen LogP contribution in [-0.2, 0) is 17.8 Å². The first-order chi connectivity index (χ1) is 16.9. The molecule has 3 aromatic rings. The number of carbonyl (C=O) groups is 1. The van der Waals surface area contributed by atoms with Gasteiger partial charge in [0.15, 0.2) is 17.0 Å². The maximum Gasteiger partial charge on any atom is 0.260 e. The van der Waals surface area contributed by atoms with Crippen LogP contribution in [0.2, 0.25) is 0 Å². The Hall–Kier alpha value is -2.17. The molecule has 8 heteroatoms. The minimum absolute atomic E-state index is 0.110. The van der Waals surface area contributed by atoms with Gasteiger partial charge >= 0.3 is 0 Å². The predicted molar refractivity (Wildman–Crippen MR) is 156 cm³/mol. The quantitative estimate of drug-likeness (QED) is 0.187. The first kappa shape index (κ1) is 25.9. The minimum Gasteiger partial charge on any atom is -0.490 e. The molecule has 1 amide bonds. The van der Waals surface area contributed by atoms with Gasteiger partial charge in [0.05, 0.1) is 11.5 Å². The van der Waals surface area contributed by atoms with Gasteiger partial charge in [-0.2, -0.15) is 0 Å². The number of aryl methyl sites for hydroxylation is 1. The van der Waals surface area contributed by atoms with Crippen LogP contribution in [-0.4, -0.2) is 18.0 Å². The zero-order valence-electron chi connectivity index (χ0n) is 19.4. The molecule has 4 rings (SSSR count). The first-order valence-electron chi connectivity index (χ1n) is 11.3. The molecule has 0 aromatic heterocycles. The summed E-state index contributed by atoms with van der Waals surface area (Å²) in [5.74, 6) is 1.18. The molecular weight excluding hydrogens is 639 g/mol. The highest BCUT2D eigenvalue weighted by molar-refractivity contribution is 14.1. The highest BCUT2D eigenvalue weighted by atomic mass is 127. The van der Waals surface area contributed by atoms with Crippen LogP contribution >= 0.6 is 50.3 Å². The lowest BCUT2D eigenvalue weighted by Crippen LogP contribution is -2.30. The third kappa shape index (κ3) is 6.95. The van der Waals surface area contributed by atoms with Crippen molar-refractivity contribution in [3.05, 3.63) is 90.3 Å². The van der Waals surface area contributed by atoms with Crippen LogP contribution in [0.3, 0.4) is 0 Å². The fraction of sp³-hybridized carbons (Fsp3) is 0.222. The first-order valence-corrected chi connectivity index (χ1v) is 14.1. The molecule has 0 unspecified atom stereocenters. The lowest BCUT2D eigenvalue weighted by Gasteiger charge is -2.14. The molecule has 2 N–H and O–H groups in total. The summed E-state index contributed by atoms with van der Waals surface area (Å²) in [6.07, 6.45) is 2.87. The lowest BCUT2D eigenvalue weighted by molar-refractivity contribution is -0.116. The highest BCUT2D eigenvalue weighted by Crippen LogP contribution is 2.38. The average Bonchev–Trinajstić information content (AvgIpc) is 3.20. The summed E-state index contributed by atoms with van der Waals surface area (Å²) >= 11 is 7.38. The number of ether oxygens (including phenoxy) is 2. The maximum absolute atomic E-state index is 12.6. The van der Waals surface area contributed by atoms with E-state index in [9.17, 15) is 4.79 Å². The van der Waals surface area contributed by atoms with E-state index in [-0.39, 0.29) is 11.4 Å². The molecule has 1 fully saturated rings. The van der Waals surface area contributed by atoms with Gasteiger partial charge in [-0.1, -0.05) is 58.9 Å². The standard InChI is InChI=1S/C27H26BrIN2O3S/c1-3-17-7-11-21(12-8-17)30-27-31-26(32)25(35-27)14-19-13-23(33-4-2)24(15-22(19)28)34-16-18-5-9-20(29)10-6-18/h5-15,27,30H,3-4,16H2,1-2H3,(H,31,32)/b25-14-/t27-/m1/s1. The molecule has 3 aromatic carbocycles. The SMILES string of the molecule is CCOc1cc(/C=C2\S[C@H](Nc3ccc(CC)cc3)NC2=O)c(Br)cc1OCc1ccc(I)cc1. The number of benzene rings is 3. The maximum atomic E-state index is 12.6. The van der Waals surface area contributed by atoms with Gasteiger partial charge in [-0.15, -0.1) is 0 Å². The van der Waals surface area contributed by atoms with E-state index in [1.807, 2.05) is 37.3 Å². The second-order valence-corrected chi connectivity index (χ2v) is 11.1. The molecule has 0 radical (unpaired) electrons. The van der Waals surface area contributed by atoms with E-state index in [4.69, 9.17) is 9.47 Å². The third-order valence-electron chi connectivity index (χ3n) is 5.35. The molecule has 5 nitrogen and oxygen atoms in total. The largest absolute Gasteiger partial charge is 0.490 e. The Balaban J connectivity index is 1.49. The number of hydrogen-bond acceptors (Lipinski definition) is 5. The number of hydrogen-bond donors (Lipinski definition) is 2. The van der Waals surface area contributed by atoms with Crippen molar-refractivity contribution < 1.29 is 14.3 Å². The second kappa shape index (κ2) is 12.2. The van der Waals surface area contributed by atoms with E-state index in [1.54, 1.807) is 0 Å². The van der Waals surface area contributed by atoms with Gasteiger partial charge in [-0.05, 0) is 95.1 Å². The molecule has 182 valence electrons. The van der Waals surface area contributed by atoms with E-state index >= 15 is 0 Å². The van der Waals surface area contributed by atoms with Crippen molar-refractivity contribution in [3.8, 4) is 11.5 Å². The molecule has 1 aliphatic rings. The Morgan fingerprint density at radius 3 is 2.40 bits per heavy atom. The Labute approximate surface area is 232 Å². The fourth-order valence-electron chi connectivity index (χ4n) is 3.48. The normalized spacial score (nSPS) is 16.3. The number of thioether (sulfide) groups is 1. The molecule has 1 heterocycles. The zero-order valence-corrected chi connectivity index (χ0v) is 24.0. The summed E-state index contributed by atoms with van der Waals surface area (Å²) in [4.78, 5) is 13.3. The smallest absolute Gasteiger partial charge is 0.260 e. The van der Waals surface area contributed by atoms with Crippen LogP contribution in [0.25, 0.3) is 6.08 Å². The number of nitrogens with one attached hydrogen (secondary N) is 2. The number of carbonyl (C=O) groups excluding carboxylic acids is 1. The Morgan fingerprint density at radius 2 is 1.71 bits per heavy atom. The van der Waals surface area contributed by atoms with Crippen LogP contribution in [0.15, 0.2) is 70.0 Å². The molecule has 0 spiro atoms. The van der Waals surface area contributed by atoms with Crippen LogP contribution < -0.4 is 20.1 Å². The van der Waals surface area contributed by atoms with Gasteiger partial charge in [0.1, 0.15) is 6.61 Å². The van der Waals surface area contributed by atoms with Crippen molar-refractivity contribution in [3.63, 3.8) is 0 Å². The van der Waals surface area contributed by atoms with Crippen molar-refractivity contribution in [2.45, 2.75) is 32.4 Å². The van der Waals surface area contributed by atoms with Crippen molar-refractivity contribution in [1.29, 1.82) is 0 Å². The number of amides is 1. The molecule has 0 aliphatic carbocycles.